The average molecular weight is 344 g/mol. The van der Waals surface area contributed by atoms with E-state index in [1.54, 1.807) is 18.2 Å². The normalized spacial score (nSPS) is 14.4. The molecule has 0 bridgehead atoms. The molecule has 4 nitrogen and oxygen atoms in total. The fraction of sp³-hybridized carbons (Fsp3) is 0.211. The lowest BCUT2D eigenvalue weighted by Crippen LogP contribution is -2.25. The van der Waals surface area contributed by atoms with Gasteiger partial charge in [0, 0.05) is 11.1 Å². The lowest BCUT2D eigenvalue weighted by Gasteiger charge is -2.20. The van der Waals surface area contributed by atoms with Crippen LogP contribution in [0, 0.1) is 0 Å². The molecule has 0 radical (unpaired) electrons. The highest BCUT2D eigenvalue weighted by Gasteiger charge is 2.15. The topological polar surface area (TPSA) is 47.6 Å². The predicted octanol–water partition coefficient (Wildman–Crippen LogP) is 4.00. The van der Waals surface area contributed by atoms with Crippen LogP contribution >= 0.6 is 11.6 Å². The molecule has 5 heteroatoms. The highest BCUT2D eigenvalue weighted by molar-refractivity contribution is 6.30. The minimum atomic E-state index is -0.160. The second-order valence-electron chi connectivity index (χ2n) is 5.52. The van der Waals surface area contributed by atoms with E-state index in [9.17, 15) is 4.79 Å². The van der Waals surface area contributed by atoms with Gasteiger partial charge in [-0.05, 0) is 48.4 Å². The number of hydrogen-bond donors (Lipinski definition) is 1. The van der Waals surface area contributed by atoms with Crippen LogP contribution in [-0.2, 0) is 4.79 Å². The predicted molar refractivity (Wildman–Crippen MR) is 94.5 cm³/mol. The van der Waals surface area contributed by atoms with Crippen molar-refractivity contribution >= 4 is 23.6 Å². The van der Waals surface area contributed by atoms with Crippen LogP contribution in [0.2, 0.25) is 5.02 Å². The lowest BCUT2D eigenvalue weighted by atomic mass is 10.1. The third-order valence-corrected chi connectivity index (χ3v) is 3.97. The number of halogens is 1. The zero-order chi connectivity index (χ0) is 16.9. The summed E-state index contributed by atoms with van der Waals surface area (Å²) in [6, 6.07) is 12.9. The van der Waals surface area contributed by atoms with Gasteiger partial charge in [-0.25, -0.2) is 0 Å². The summed E-state index contributed by atoms with van der Waals surface area (Å²) in [6.45, 7) is 3.04. The lowest BCUT2D eigenvalue weighted by molar-refractivity contribution is -0.117. The molecule has 1 atom stereocenters. The molecule has 1 aliphatic rings. The van der Waals surface area contributed by atoms with Crippen molar-refractivity contribution in [3.05, 3.63) is 64.7 Å². The van der Waals surface area contributed by atoms with Gasteiger partial charge in [-0.15, -0.1) is 0 Å². The van der Waals surface area contributed by atoms with Gasteiger partial charge in [0.25, 0.3) is 0 Å². The fourth-order valence-electron chi connectivity index (χ4n) is 2.42. The molecule has 0 saturated carbocycles. The summed E-state index contributed by atoms with van der Waals surface area (Å²) in [5.41, 5.74) is 1.88. The number of nitrogens with one attached hydrogen (secondary N) is 1. The molecule has 1 amide bonds. The van der Waals surface area contributed by atoms with E-state index in [4.69, 9.17) is 21.1 Å². The van der Waals surface area contributed by atoms with E-state index in [0.717, 1.165) is 22.6 Å². The van der Waals surface area contributed by atoms with Gasteiger partial charge < -0.3 is 14.8 Å². The Balaban J connectivity index is 1.62. The van der Waals surface area contributed by atoms with Crippen LogP contribution in [0.15, 0.2) is 48.5 Å². The first kappa shape index (κ1) is 16.4. The Morgan fingerprint density at radius 1 is 1.12 bits per heavy atom. The molecule has 2 aromatic carbocycles. The molecule has 0 fully saturated rings. The van der Waals surface area contributed by atoms with Crippen LogP contribution < -0.4 is 14.8 Å². The number of amides is 1. The van der Waals surface area contributed by atoms with Crippen molar-refractivity contribution < 1.29 is 14.3 Å². The molecule has 24 heavy (non-hydrogen) atoms. The number of carbonyl (C=O) groups is 1. The van der Waals surface area contributed by atoms with Gasteiger partial charge in [-0.2, -0.15) is 0 Å². The molecule has 0 spiro atoms. The largest absolute Gasteiger partial charge is 0.486 e. The second-order valence-corrected chi connectivity index (χ2v) is 5.95. The average Bonchev–Trinajstić information content (AvgIpc) is 2.61. The summed E-state index contributed by atoms with van der Waals surface area (Å²) in [6.07, 6.45) is 3.26. The first-order chi connectivity index (χ1) is 11.6. The highest BCUT2D eigenvalue weighted by atomic mass is 35.5. The maximum absolute atomic E-state index is 12.1. The van der Waals surface area contributed by atoms with E-state index in [2.05, 4.69) is 5.32 Å². The third-order valence-electron chi connectivity index (χ3n) is 3.72. The van der Waals surface area contributed by atoms with Crippen LogP contribution in [0.4, 0.5) is 0 Å². The summed E-state index contributed by atoms with van der Waals surface area (Å²) < 4.78 is 11.1. The first-order valence-electron chi connectivity index (χ1n) is 7.75. The minimum absolute atomic E-state index is 0.136. The van der Waals surface area contributed by atoms with Crippen LogP contribution in [0.1, 0.15) is 24.1 Å². The SMILES string of the molecule is C[C@H](NC(=O)/C=C/c1ccc(Cl)cc1)c1ccc2c(c1)OCCO2. The molecule has 3 rings (SSSR count). The van der Waals surface area contributed by atoms with Crippen molar-refractivity contribution in [2.75, 3.05) is 13.2 Å². The smallest absolute Gasteiger partial charge is 0.244 e. The Bertz CT molecular complexity index is 756. The number of benzene rings is 2. The molecule has 1 heterocycles. The first-order valence-corrected chi connectivity index (χ1v) is 8.13. The molecule has 0 aliphatic carbocycles. The Kier molecular flexibility index (Phi) is 5.06. The molecule has 124 valence electrons. The molecular weight excluding hydrogens is 326 g/mol. The van der Waals surface area contributed by atoms with E-state index in [-0.39, 0.29) is 11.9 Å². The van der Waals surface area contributed by atoms with E-state index in [1.807, 2.05) is 37.3 Å². The Labute approximate surface area is 146 Å². The quantitative estimate of drug-likeness (QED) is 0.853. The van der Waals surface area contributed by atoms with Crippen molar-refractivity contribution in [1.29, 1.82) is 0 Å². The Morgan fingerprint density at radius 2 is 1.83 bits per heavy atom. The number of carbonyl (C=O) groups excluding carboxylic acids is 1. The van der Waals surface area contributed by atoms with Crippen molar-refractivity contribution in [2.45, 2.75) is 13.0 Å². The highest BCUT2D eigenvalue weighted by Crippen LogP contribution is 2.32. The summed E-state index contributed by atoms with van der Waals surface area (Å²) in [4.78, 5) is 12.1. The van der Waals surface area contributed by atoms with E-state index < -0.39 is 0 Å². The molecule has 0 unspecified atom stereocenters. The minimum Gasteiger partial charge on any atom is -0.486 e. The summed E-state index contributed by atoms with van der Waals surface area (Å²) in [5.74, 6) is 1.30. The molecule has 1 N–H and O–H groups in total. The van der Waals surface area contributed by atoms with Crippen molar-refractivity contribution in [2.24, 2.45) is 0 Å². The Hall–Kier alpha value is -2.46. The number of rotatable bonds is 4. The number of fused-ring (bicyclic) bond motifs is 1. The summed E-state index contributed by atoms with van der Waals surface area (Å²) >= 11 is 5.84. The van der Waals surface area contributed by atoms with Crippen LogP contribution in [0.3, 0.4) is 0 Å². The summed E-state index contributed by atoms with van der Waals surface area (Å²) in [7, 11) is 0. The van der Waals surface area contributed by atoms with Gasteiger partial charge in [0.15, 0.2) is 11.5 Å². The monoisotopic (exact) mass is 343 g/mol. The molecule has 1 aliphatic heterocycles. The zero-order valence-corrected chi connectivity index (χ0v) is 14.0. The fourth-order valence-corrected chi connectivity index (χ4v) is 2.55. The third kappa shape index (κ3) is 4.09. The van der Waals surface area contributed by atoms with Gasteiger partial charge in [0.2, 0.25) is 5.91 Å². The van der Waals surface area contributed by atoms with Gasteiger partial charge in [0.1, 0.15) is 13.2 Å². The Morgan fingerprint density at radius 3 is 2.58 bits per heavy atom. The van der Waals surface area contributed by atoms with Gasteiger partial charge in [0.05, 0.1) is 6.04 Å². The van der Waals surface area contributed by atoms with Gasteiger partial charge in [-0.3, -0.25) is 4.79 Å². The number of ether oxygens (including phenoxy) is 2. The molecule has 2 aromatic rings. The number of hydrogen-bond acceptors (Lipinski definition) is 3. The molecular formula is C19H18ClNO3. The molecule has 0 aromatic heterocycles. The second kappa shape index (κ2) is 7.41. The van der Waals surface area contributed by atoms with Gasteiger partial charge in [-0.1, -0.05) is 29.8 Å². The van der Waals surface area contributed by atoms with Gasteiger partial charge >= 0.3 is 0 Å². The van der Waals surface area contributed by atoms with Crippen LogP contribution in [-0.4, -0.2) is 19.1 Å². The van der Waals surface area contributed by atoms with Crippen LogP contribution in [0.25, 0.3) is 6.08 Å². The molecule has 0 saturated heterocycles. The summed E-state index contributed by atoms with van der Waals surface area (Å²) in [5, 5.41) is 3.61. The zero-order valence-electron chi connectivity index (χ0n) is 13.3. The maximum Gasteiger partial charge on any atom is 0.244 e. The standard InChI is InChI=1S/C19H18ClNO3/c1-13(15-5-8-17-18(12-15)24-11-10-23-17)21-19(22)9-4-14-2-6-16(20)7-3-14/h2-9,12-13H,10-11H2,1H3,(H,21,22)/b9-4+/t13-/m0/s1. The van der Waals surface area contributed by atoms with Crippen molar-refractivity contribution in [3.63, 3.8) is 0 Å². The van der Waals surface area contributed by atoms with Crippen LogP contribution in [0.5, 0.6) is 11.5 Å². The van der Waals surface area contributed by atoms with Crippen molar-refractivity contribution in [1.82, 2.24) is 5.32 Å². The van der Waals surface area contributed by atoms with Crippen molar-refractivity contribution in [3.8, 4) is 11.5 Å². The van der Waals surface area contributed by atoms with E-state index in [0.29, 0.717) is 18.2 Å². The van der Waals surface area contributed by atoms with E-state index >= 15 is 0 Å². The maximum atomic E-state index is 12.1. The van der Waals surface area contributed by atoms with E-state index in [1.165, 1.54) is 6.08 Å².